The topological polar surface area (TPSA) is 118 Å². The fraction of sp³-hybridized carbons (Fsp3) is 0.565. The summed E-state index contributed by atoms with van der Waals surface area (Å²) in [5, 5.41) is 2.94. The molecule has 2 amide bonds. The molecular formula is C23H32N6O4S. The van der Waals surface area contributed by atoms with Crippen molar-refractivity contribution in [3.63, 3.8) is 0 Å². The maximum Gasteiger partial charge on any atom is 0.262 e. The molecule has 2 aromatic heterocycles. The molecule has 4 rings (SSSR count). The molecular weight excluding hydrogens is 456 g/mol. The normalized spacial score (nSPS) is 20.3. The van der Waals surface area contributed by atoms with Crippen molar-refractivity contribution in [1.82, 2.24) is 23.7 Å². The van der Waals surface area contributed by atoms with Gasteiger partial charge in [0.05, 0.1) is 5.92 Å². The zero-order valence-corrected chi connectivity index (χ0v) is 20.7. The smallest absolute Gasteiger partial charge is 0.262 e. The Morgan fingerprint density at radius 2 is 1.82 bits per heavy atom. The minimum Gasteiger partial charge on any atom is -0.342 e. The third-order valence-corrected chi connectivity index (χ3v) is 8.62. The van der Waals surface area contributed by atoms with E-state index in [1.54, 1.807) is 29.6 Å². The minimum atomic E-state index is -3.67. The second-order valence-corrected chi connectivity index (χ2v) is 11.1. The van der Waals surface area contributed by atoms with E-state index in [0.29, 0.717) is 37.6 Å². The van der Waals surface area contributed by atoms with E-state index in [2.05, 4.69) is 15.3 Å². The maximum atomic E-state index is 13.2. The number of carbonyl (C=O) groups excluding carboxylic acids is 2. The van der Waals surface area contributed by atoms with Gasteiger partial charge < -0.3 is 14.8 Å². The third-order valence-electron chi connectivity index (χ3n) is 6.85. The van der Waals surface area contributed by atoms with Crippen LogP contribution in [0, 0.1) is 25.7 Å². The van der Waals surface area contributed by atoms with Crippen LogP contribution in [0.3, 0.4) is 0 Å². The lowest BCUT2D eigenvalue weighted by atomic mass is 9.92. The highest BCUT2D eigenvalue weighted by molar-refractivity contribution is 7.89. The van der Waals surface area contributed by atoms with Crippen molar-refractivity contribution in [2.45, 2.75) is 44.6 Å². The van der Waals surface area contributed by atoms with Gasteiger partial charge in [-0.25, -0.2) is 18.4 Å². The van der Waals surface area contributed by atoms with Crippen LogP contribution in [0.5, 0.6) is 0 Å². The van der Waals surface area contributed by atoms with Gasteiger partial charge in [-0.1, -0.05) is 6.07 Å². The third kappa shape index (κ3) is 5.00. The molecule has 11 heteroatoms. The van der Waals surface area contributed by atoms with E-state index < -0.39 is 10.0 Å². The number of likely N-dealkylation sites (tertiary alicyclic amines) is 1. The first-order valence-electron chi connectivity index (χ1n) is 11.7. The summed E-state index contributed by atoms with van der Waals surface area (Å²) in [6.45, 7) is 5.21. The Balaban J connectivity index is 1.34. The number of aryl methyl sites for hydroxylation is 3. The molecule has 2 fully saturated rings. The Labute approximate surface area is 200 Å². The zero-order valence-electron chi connectivity index (χ0n) is 19.9. The summed E-state index contributed by atoms with van der Waals surface area (Å²) in [5.74, 6) is 0.546. The maximum absolute atomic E-state index is 13.2. The fourth-order valence-corrected chi connectivity index (χ4v) is 6.11. The van der Waals surface area contributed by atoms with Gasteiger partial charge in [-0.3, -0.25) is 9.59 Å². The number of aromatic nitrogens is 3. The molecule has 10 nitrogen and oxygen atoms in total. The molecule has 0 bridgehead atoms. The first-order chi connectivity index (χ1) is 16.2. The van der Waals surface area contributed by atoms with E-state index in [9.17, 15) is 18.0 Å². The van der Waals surface area contributed by atoms with Crippen LogP contribution in [0.2, 0.25) is 0 Å². The highest BCUT2D eigenvalue weighted by atomic mass is 32.2. The van der Waals surface area contributed by atoms with Crippen LogP contribution < -0.4 is 5.32 Å². The quantitative estimate of drug-likeness (QED) is 0.685. The molecule has 0 spiro atoms. The molecule has 184 valence electrons. The number of sulfonamides is 1. The van der Waals surface area contributed by atoms with Gasteiger partial charge in [-0.15, -0.1) is 0 Å². The summed E-state index contributed by atoms with van der Waals surface area (Å²) < 4.78 is 29.0. The first kappa shape index (κ1) is 24.3. The predicted molar refractivity (Wildman–Crippen MR) is 126 cm³/mol. The predicted octanol–water partition coefficient (Wildman–Crippen LogP) is 1.71. The lowest BCUT2D eigenvalue weighted by Crippen LogP contribution is -2.48. The number of amides is 2. The van der Waals surface area contributed by atoms with Crippen LogP contribution in [-0.2, 0) is 26.7 Å². The van der Waals surface area contributed by atoms with Crippen molar-refractivity contribution in [1.29, 1.82) is 0 Å². The van der Waals surface area contributed by atoms with Crippen LogP contribution in [0.15, 0.2) is 29.6 Å². The van der Waals surface area contributed by atoms with Crippen LogP contribution in [0.25, 0.3) is 0 Å². The average Bonchev–Trinajstić information content (AvgIpc) is 3.19. The summed E-state index contributed by atoms with van der Waals surface area (Å²) in [5.41, 5.74) is 0.891. The number of piperidine rings is 2. The second-order valence-electron chi connectivity index (χ2n) is 9.20. The van der Waals surface area contributed by atoms with E-state index in [4.69, 9.17) is 0 Å². The standard InChI is InChI=1S/C23H32N6O4S/c1-16-6-4-10-24-21(16)26-22(30)19-7-5-11-28(14-19)23(31)18-8-12-29(13-9-18)34(32,33)20-15-27(3)17(2)25-20/h4,6,10,15,18-19H,5,7-9,11-14H2,1-3H3,(H,24,26,30). The molecule has 2 saturated heterocycles. The number of nitrogens with one attached hydrogen (secondary N) is 1. The number of imidazole rings is 1. The molecule has 0 radical (unpaired) electrons. The Bertz CT molecular complexity index is 1150. The van der Waals surface area contributed by atoms with Gasteiger partial charge >= 0.3 is 0 Å². The number of hydrogen-bond acceptors (Lipinski definition) is 6. The molecule has 1 atom stereocenters. The van der Waals surface area contributed by atoms with Gasteiger partial charge in [-0.2, -0.15) is 4.31 Å². The number of nitrogens with zero attached hydrogens (tertiary/aromatic N) is 5. The van der Waals surface area contributed by atoms with Crippen LogP contribution in [-0.4, -0.2) is 70.2 Å². The van der Waals surface area contributed by atoms with E-state index in [1.807, 2.05) is 19.1 Å². The summed E-state index contributed by atoms with van der Waals surface area (Å²) >= 11 is 0. The van der Waals surface area contributed by atoms with Gasteiger partial charge in [-0.05, 0) is 51.2 Å². The molecule has 0 aromatic carbocycles. The average molecular weight is 489 g/mol. The van der Waals surface area contributed by atoms with Crippen LogP contribution in [0.1, 0.15) is 37.1 Å². The van der Waals surface area contributed by atoms with Crippen molar-refractivity contribution >= 4 is 27.7 Å². The summed E-state index contributed by atoms with van der Waals surface area (Å²) in [6, 6.07) is 3.71. The Morgan fingerprint density at radius 1 is 1.09 bits per heavy atom. The minimum absolute atomic E-state index is 0.0113. The molecule has 2 aromatic rings. The van der Waals surface area contributed by atoms with Crippen molar-refractivity contribution in [3.05, 3.63) is 35.9 Å². The van der Waals surface area contributed by atoms with Gasteiger partial charge in [0.15, 0.2) is 5.03 Å². The van der Waals surface area contributed by atoms with Gasteiger partial charge in [0.1, 0.15) is 11.6 Å². The highest BCUT2D eigenvalue weighted by Gasteiger charge is 2.37. The number of pyridine rings is 1. The lowest BCUT2D eigenvalue weighted by molar-refractivity contribution is -0.139. The summed E-state index contributed by atoms with van der Waals surface area (Å²) in [4.78, 5) is 36.2. The summed E-state index contributed by atoms with van der Waals surface area (Å²) in [6.07, 6.45) is 5.57. The zero-order chi connectivity index (χ0) is 24.5. The summed E-state index contributed by atoms with van der Waals surface area (Å²) in [7, 11) is -1.91. The van der Waals surface area contributed by atoms with E-state index in [1.165, 1.54) is 10.5 Å². The van der Waals surface area contributed by atoms with E-state index in [-0.39, 0.29) is 41.8 Å². The molecule has 1 N–H and O–H groups in total. The van der Waals surface area contributed by atoms with Crippen molar-refractivity contribution < 1.29 is 18.0 Å². The van der Waals surface area contributed by atoms with Crippen LogP contribution in [0.4, 0.5) is 5.82 Å². The Morgan fingerprint density at radius 3 is 2.47 bits per heavy atom. The molecule has 0 saturated carbocycles. The SMILES string of the molecule is Cc1cccnc1NC(=O)C1CCCN(C(=O)C2CCN(S(=O)(=O)c3cn(C)c(C)n3)CC2)C1. The molecule has 0 aliphatic carbocycles. The number of carbonyl (C=O) groups is 2. The van der Waals surface area contributed by atoms with Crippen molar-refractivity contribution in [2.24, 2.45) is 18.9 Å². The Hall–Kier alpha value is -2.79. The van der Waals surface area contributed by atoms with E-state index >= 15 is 0 Å². The van der Waals surface area contributed by atoms with Crippen molar-refractivity contribution in [2.75, 3.05) is 31.5 Å². The second kappa shape index (κ2) is 9.83. The van der Waals surface area contributed by atoms with Gasteiger partial charge in [0.25, 0.3) is 10.0 Å². The Kier molecular flexibility index (Phi) is 7.04. The monoisotopic (exact) mass is 488 g/mol. The first-order valence-corrected chi connectivity index (χ1v) is 13.1. The van der Waals surface area contributed by atoms with Crippen molar-refractivity contribution in [3.8, 4) is 0 Å². The number of rotatable bonds is 5. The molecule has 2 aliphatic heterocycles. The lowest BCUT2D eigenvalue weighted by Gasteiger charge is -2.37. The number of anilines is 1. The molecule has 1 unspecified atom stereocenters. The largest absolute Gasteiger partial charge is 0.342 e. The number of hydrogen-bond donors (Lipinski definition) is 1. The van der Waals surface area contributed by atoms with Gasteiger partial charge in [0, 0.05) is 51.5 Å². The molecule has 34 heavy (non-hydrogen) atoms. The van der Waals surface area contributed by atoms with E-state index in [0.717, 1.165) is 18.4 Å². The van der Waals surface area contributed by atoms with Crippen LogP contribution >= 0.6 is 0 Å². The molecule has 4 heterocycles. The highest BCUT2D eigenvalue weighted by Crippen LogP contribution is 2.27. The fourth-order valence-electron chi connectivity index (χ4n) is 4.61. The molecule has 2 aliphatic rings. The van der Waals surface area contributed by atoms with Gasteiger partial charge in [0.2, 0.25) is 11.8 Å².